The van der Waals surface area contributed by atoms with Crippen LogP contribution in [0, 0.1) is 19.7 Å². The fourth-order valence-electron chi connectivity index (χ4n) is 2.90. The predicted molar refractivity (Wildman–Crippen MR) is 112 cm³/mol. The first-order chi connectivity index (χ1) is 13.8. The van der Waals surface area contributed by atoms with Crippen molar-refractivity contribution in [3.8, 4) is 0 Å². The molecule has 0 spiro atoms. The molecule has 0 bridgehead atoms. The maximum absolute atomic E-state index is 13.8. The number of nitrogens with one attached hydrogen (secondary N) is 2. The second-order valence-corrected chi connectivity index (χ2v) is 8.37. The largest absolute Gasteiger partial charge is 0.326 e. The van der Waals surface area contributed by atoms with Crippen molar-refractivity contribution in [2.45, 2.75) is 25.2 Å². The van der Waals surface area contributed by atoms with E-state index in [2.05, 4.69) is 10.0 Å². The van der Waals surface area contributed by atoms with Gasteiger partial charge in [-0.3, -0.25) is 9.52 Å². The summed E-state index contributed by atoms with van der Waals surface area (Å²) in [5, 5.41) is 2.73. The van der Waals surface area contributed by atoms with Crippen molar-refractivity contribution in [1.29, 1.82) is 0 Å². The summed E-state index contributed by atoms with van der Waals surface area (Å²) in [6.07, 6.45) is 0.177. The lowest BCUT2D eigenvalue weighted by Crippen LogP contribution is -2.18. The monoisotopic (exact) mass is 412 g/mol. The number of hydrogen-bond donors (Lipinski definition) is 2. The summed E-state index contributed by atoms with van der Waals surface area (Å²) in [6, 6.07) is 17.7. The Kier molecular flexibility index (Phi) is 5.98. The van der Waals surface area contributed by atoms with Crippen molar-refractivity contribution in [2.75, 3.05) is 10.0 Å². The quantitative estimate of drug-likeness (QED) is 0.629. The standard InChI is InChI=1S/C22H21FN2O3S/c1-15-7-3-4-8-17(15)13-22(26)24-18-12-11-16(2)21(14-18)29(27,28)25-20-10-6-5-9-19(20)23/h3-12,14,25H,13H2,1-2H3,(H,24,26). The molecular formula is C22H21FN2O3S. The number of rotatable bonds is 6. The molecule has 5 nitrogen and oxygen atoms in total. The molecular weight excluding hydrogens is 391 g/mol. The molecule has 3 aromatic rings. The summed E-state index contributed by atoms with van der Waals surface area (Å²) >= 11 is 0. The first-order valence-corrected chi connectivity index (χ1v) is 10.5. The third kappa shape index (κ3) is 5.00. The minimum absolute atomic E-state index is 0.0329. The number of carbonyl (C=O) groups excluding carboxylic acids is 1. The minimum atomic E-state index is -4.03. The zero-order valence-corrected chi connectivity index (χ0v) is 16.9. The van der Waals surface area contributed by atoms with E-state index in [1.807, 2.05) is 31.2 Å². The summed E-state index contributed by atoms with van der Waals surface area (Å²) in [7, 11) is -4.03. The van der Waals surface area contributed by atoms with Crippen LogP contribution in [-0.2, 0) is 21.2 Å². The first kappa shape index (κ1) is 20.5. The molecule has 0 radical (unpaired) electrons. The summed E-state index contributed by atoms with van der Waals surface area (Å²) in [4.78, 5) is 12.4. The SMILES string of the molecule is Cc1ccccc1CC(=O)Nc1ccc(C)c(S(=O)(=O)Nc2ccccc2F)c1. The van der Waals surface area contributed by atoms with Gasteiger partial charge in [-0.1, -0.05) is 42.5 Å². The Bertz CT molecular complexity index is 1160. The van der Waals surface area contributed by atoms with Crippen LogP contribution >= 0.6 is 0 Å². The van der Waals surface area contributed by atoms with Gasteiger partial charge in [-0.15, -0.1) is 0 Å². The molecule has 0 unspecified atom stereocenters. The molecule has 0 saturated heterocycles. The molecule has 3 aromatic carbocycles. The second-order valence-electron chi connectivity index (χ2n) is 6.72. The Balaban J connectivity index is 1.81. The Morgan fingerprint density at radius 2 is 1.62 bits per heavy atom. The van der Waals surface area contributed by atoms with Crippen LogP contribution in [0.3, 0.4) is 0 Å². The molecule has 0 saturated carbocycles. The lowest BCUT2D eigenvalue weighted by atomic mass is 10.1. The fraction of sp³-hybridized carbons (Fsp3) is 0.136. The van der Waals surface area contributed by atoms with Gasteiger partial charge in [-0.25, -0.2) is 12.8 Å². The van der Waals surface area contributed by atoms with E-state index in [9.17, 15) is 17.6 Å². The number of anilines is 2. The smallest absolute Gasteiger partial charge is 0.262 e. The van der Waals surface area contributed by atoms with E-state index in [1.54, 1.807) is 19.1 Å². The van der Waals surface area contributed by atoms with Crippen LogP contribution in [0.15, 0.2) is 71.6 Å². The van der Waals surface area contributed by atoms with Gasteiger partial charge in [0.25, 0.3) is 10.0 Å². The van der Waals surface area contributed by atoms with E-state index in [0.29, 0.717) is 11.3 Å². The van der Waals surface area contributed by atoms with Gasteiger partial charge >= 0.3 is 0 Å². The van der Waals surface area contributed by atoms with Crippen molar-refractivity contribution >= 4 is 27.3 Å². The number of carbonyl (C=O) groups is 1. The molecule has 0 aliphatic heterocycles. The van der Waals surface area contributed by atoms with Crippen LogP contribution in [0.5, 0.6) is 0 Å². The molecule has 3 rings (SSSR count). The molecule has 29 heavy (non-hydrogen) atoms. The summed E-state index contributed by atoms with van der Waals surface area (Å²) < 4.78 is 41.6. The van der Waals surface area contributed by atoms with Crippen LogP contribution < -0.4 is 10.0 Å². The van der Waals surface area contributed by atoms with Gasteiger partial charge in [-0.2, -0.15) is 0 Å². The number of aryl methyl sites for hydroxylation is 2. The van der Waals surface area contributed by atoms with Gasteiger partial charge in [0.05, 0.1) is 17.0 Å². The topological polar surface area (TPSA) is 75.3 Å². The maximum Gasteiger partial charge on any atom is 0.262 e. The highest BCUT2D eigenvalue weighted by molar-refractivity contribution is 7.92. The molecule has 0 aromatic heterocycles. The zero-order chi connectivity index (χ0) is 21.0. The van der Waals surface area contributed by atoms with E-state index in [0.717, 1.165) is 11.1 Å². The summed E-state index contributed by atoms with van der Waals surface area (Å²) in [5.41, 5.74) is 2.59. The van der Waals surface area contributed by atoms with Crippen LogP contribution in [0.4, 0.5) is 15.8 Å². The Hall–Kier alpha value is -3.19. The van der Waals surface area contributed by atoms with Crippen LogP contribution in [0.1, 0.15) is 16.7 Å². The molecule has 7 heteroatoms. The molecule has 2 N–H and O–H groups in total. The minimum Gasteiger partial charge on any atom is -0.326 e. The number of para-hydroxylation sites is 1. The van der Waals surface area contributed by atoms with Crippen molar-refractivity contribution in [3.05, 3.63) is 89.2 Å². The van der Waals surface area contributed by atoms with E-state index >= 15 is 0 Å². The van der Waals surface area contributed by atoms with Gasteiger partial charge in [-0.05, 0) is 54.8 Å². The lowest BCUT2D eigenvalue weighted by Gasteiger charge is -2.13. The Morgan fingerprint density at radius 1 is 0.931 bits per heavy atom. The average Bonchev–Trinajstić information content (AvgIpc) is 2.67. The second kappa shape index (κ2) is 8.45. The highest BCUT2D eigenvalue weighted by atomic mass is 32.2. The molecule has 0 aliphatic carbocycles. The van der Waals surface area contributed by atoms with Gasteiger partial charge < -0.3 is 5.32 Å². The van der Waals surface area contributed by atoms with E-state index < -0.39 is 15.8 Å². The van der Waals surface area contributed by atoms with Gasteiger partial charge in [0.1, 0.15) is 5.82 Å². The van der Waals surface area contributed by atoms with E-state index in [1.165, 1.54) is 30.3 Å². The van der Waals surface area contributed by atoms with E-state index in [4.69, 9.17) is 0 Å². The third-order valence-electron chi connectivity index (χ3n) is 4.49. The van der Waals surface area contributed by atoms with Crippen LogP contribution in [0.2, 0.25) is 0 Å². The normalized spacial score (nSPS) is 11.1. The van der Waals surface area contributed by atoms with Gasteiger partial charge in [0.15, 0.2) is 0 Å². The van der Waals surface area contributed by atoms with Crippen LogP contribution in [0.25, 0.3) is 0 Å². The molecule has 1 amide bonds. The molecule has 0 fully saturated rings. The summed E-state index contributed by atoms with van der Waals surface area (Å²) in [5.74, 6) is -0.926. The predicted octanol–water partition coefficient (Wildman–Crippen LogP) is 4.42. The van der Waals surface area contributed by atoms with Crippen LogP contribution in [-0.4, -0.2) is 14.3 Å². The number of halogens is 1. The van der Waals surface area contributed by atoms with Gasteiger partial charge in [0, 0.05) is 5.69 Å². The number of sulfonamides is 1. The zero-order valence-electron chi connectivity index (χ0n) is 16.1. The lowest BCUT2D eigenvalue weighted by molar-refractivity contribution is -0.115. The average molecular weight is 412 g/mol. The number of amides is 1. The van der Waals surface area contributed by atoms with Gasteiger partial charge in [0.2, 0.25) is 5.91 Å². The van der Waals surface area contributed by atoms with Crippen molar-refractivity contribution in [2.24, 2.45) is 0 Å². The molecule has 150 valence electrons. The Morgan fingerprint density at radius 3 is 2.34 bits per heavy atom. The first-order valence-electron chi connectivity index (χ1n) is 8.98. The highest BCUT2D eigenvalue weighted by Crippen LogP contribution is 2.24. The van der Waals surface area contributed by atoms with Crippen molar-refractivity contribution in [1.82, 2.24) is 0 Å². The highest BCUT2D eigenvalue weighted by Gasteiger charge is 2.19. The fourth-order valence-corrected chi connectivity index (χ4v) is 4.24. The number of hydrogen-bond acceptors (Lipinski definition) is 3. The van der Waals surface area contributed by atoms with Crippen molar-refractivity contribution < 1.29 is 17.6 Å². The molecule has 0 atom stereocenters. The molecule has 0 heterocycles. The number of benzene rings is 3. The maximum atomic E-state index is 13.8. The molecule has 0 aliphatic rings. The van der Waals surface area contributed by atoms with E-state index in [-0.39, 0.29) is 22.9 Å². The Labute approximate surface area is 169 Å². The van der Waals surface area contributed by atoms with Crippen molar-refractivity contribution in [3.63, 3.8) is 0 Å². The summed E-state index contributed by atoms with van der Waals surface area (Å²) in [6.45, 7) is 3.56. The third-order valence-corrected chi connectivity index (χ3v) is 6.00.